The molecule has 0 radical (unpaired) electrons. The molecule has 2 rings (SSSR count). The first kappa shape index (κ1) is 14.6. The van der Waals surface area contributed by atoms with Gasteiger partial charge in [-0.2, -0.15) is 0 Å². The average Bonchev–Trinajstić information content (AvgIpc) is 2.33. The summed E-state index contributed by atoms with van der Waals surface area (Å²) in [6.07, 6.45) is 2.58. The maximum Gasteiger partial charge on any atom is 0.223 e. The predicted molar refractivity (Wildman–Crippen MR) is 75.7 cm³/mol. The van der Waals surface area contributed by atoms with E-state index in [0.717, 1.165) is 11.2 Å². The number of halogens is 2. The molecule has 0 aliphatic rings. The molecule has 1 heterocycles. The van der Waals surface area contributed by atoms with E-state index in [9.17, 15) is 8.42 Å². The molecule has 0 saturated heterocycles. The summed E-state index contributed by atoms with van der Waals surface area (Å²) in [5.74, 6) is 0. The smallest absolute Gasteiger partial charge is 0.223 e. The van der Waals surface area contributed by atoms with Crippen LogP contribution in [0, 0.1) is 0 Å². The Kier molecular flexibility index (Phi) is 4.35. The molecule has 0 spiro atoms. The van der Waals surface area contributed by atoms with Crippen molar-refractivity contribution in [1.29, 1.82) is 0 Å². The van der Waals surface area contributed by atoms with Crippen molar-refractivity contribution in [1.82, 2.24) is 9.97 Å². The maximum atomic E-state index is 11.3. The first-order chi connectivity index (χ1) is 8.86. The normalized spacial score (nSPS) is 11.5. The fourth-order valence-electron chi connectivity index (χ4n) is 1.27. The number of aromatic nitrogens is 2. The van der Waals surface area contributed by atoms with Crippen molar-refractivity contribution in [3.63, 3.8) is 0 Å². The number of benzene rings is 1. The van der Waals surface area contributed by atoms with Gasteiger partial charge in [-0.25, -0.2) is 18.4 Å². The van der Waals surface area contributed by atoms with E-state index >= 15 is 0 Å². The zero-order valence-electron chi connectivity index (χ0n) is 9.67. The van der Waals surface area contributed by atoms with Crippen LogP contribution in [0.5, 0.6) is 0 Å². The van der Waals surface area contributed by atoms with E-state index in [1.165, 1.54) is 30.1 Å². The molecule has 0 unspecified atom stereocenters. The van der Waals surface area contributed by atoms with Gasteiger partial charge in [0.25, 0.3) is 0 Å². The number of rotatable bonds is 3. The van der Waals surface area contributed by atoms with Gasteiger partial charge < -0.3 is 0 Å². The minimum absolute atomic E-state index is 0.111. The average molecular weight is 335 g/mol. The van der Waals surface area contributed by atoms with Crippen molar-refractivity contribution >= 4 is 44.8 Å². The summed E-state index contributed by atoms with van der Waals surface area (Å²) in [5.41, 5.74) is 0. The molecular weight excluding hydrogens is 327 g/mol. The van der Waals surface area contributed by atoms with Crippen LogP contribution < -0.4 is 0 Å². The van der Waals surface area contributed by atoms with Crippen LogP contribution in [0.15, 0.2) is 45.3 Å². The quantitative estimate of drug-likeness (QED) is 0.636. The molecule has 8 heteroatoms. The highest BCUT2D eigenvalue weighted by molar-refractivity contribution is 7.99. The highest BCUT2D eigenvalue weighted by atomic mass is 35.5. The first-order valence-corrected chi connectivity index (χ1v) is 8.48. The fourth-order valence-corrected chi connectivity index (χ4v) is 3.07. The third-order valence-electron chi connectivity index (χ3n) is 2.15. The Hall–Kier alpha value is -0.820. The van der Waals surface area contributed by atoms with Gasteiger partial charge in [0.15, 0.2) is 9.84 Å². The largest absolute Gasteiger partial charge is 0.225 e. The van der Waals surface area contributed by atoms with Crippen LogP contribution in [0.3, 0.4) is 0 Å². The Labute approximate surface area is 125 Å². The van der Waals surface area contributed by atoms with Gasteiger partial charge in [0, 0.05) is 11.2 Å². The number of sulfone groups is 1. The molecule has 1 aromatic heterocycles. The molecular formula is C11H8Cl2N2O2S2. The summed E-state index contributed by atoms with van der Waals surface area (Å²) in [5, 5.41) is 1.02. The molecule has 0 atom stereocenters. The Morgan fingerprint density at radius 1 is 1.16 bits per heavy atom. The van der Waals surface area contributed by atoms with Gasteiger partial charge in [-0.15, -0.1) is 0 Å². The Morgan fingerprint density at radius 2 is 1.79 bits per heavy atom. The third kappa shape index (κ3) is 3.82. The second-order valence-electron chi connectivity index (χ2n) is 3.64. The highest BCUT2D eigenvalue weighted by Crippen LogP contribution is 2.32. The van der Waals surface area contributed by atoms with Crippen LogP contribution in [-0.2, 0) is 9.84 Å². The second kappa shape index (κ2) is 5.66. The van der Waals surface area contributed by atoms with Crippen molar-refractivity contribution in [2.75, 3.05) is 6.26 Å². The topological polar surface area (TPSA) is 59.9 Å². The van der Waals surface area contributed by atoms with Gasteiger partial charge in [-0.3, -0.25) is 0 Å². The summed E-state index contributed by atoms with van der Waals surface area (Å²) in [6, 6.07) is 6.45. The molecule has 0 amide bonds. The van der Waals surface area contributed by atoms with Crippen molar-refractivity contribution in [3.8, 4) is 0 Å². The van der Waals surface area contributed by atoms with E-state index in [2.05, 4.69) is 9.97 Å². The van der Waals surface area contributed by atoms with Gasteiger partial charge in [0.05, 0.1) is 16.1 Å². The summed E-state index contributed by atoms with van der Waals surface area (Å²) in [4.78, 5) is 8.84. The van der Waals surface area contributed by atoms with Crippen LogP contribution in [0.1, 0.15) is 0 Å². The van der Waals surface area contributed by atoms with Crippen LogP contribution in [0.2, 0.25) is 10.3 Å². The summed E-state index contributed by atoms with van der Waals surface area (Å²) < 4.78 is 22.7. The Bertz CT molecular complexity index is 703. The standard InChI is InChI=1S/C11H8Cl2N2O2S2/c1-19(16,17)8-4-2-7(3-5-8)18-10-9(12)6-14-11(13)15-10/h2-6H,1H3. The van der Waals surface area contributed by atoms with Crippen molar-refractivity contribution in [2.45, 2.75) is 14.8 Å². The maximum absolute atomic E-state index is 11.3. The summed E-state index contributed by atoms with van der Waals surface area (Å²) in [7, 11) is -3.19. The van der Waals surface area contributed by atoms with E-state index in [0.29, 0.717) is 10.0 Å². The lowest BCUT2D eigenvalue weighted by atomic mass is 10.4. The molecule has 4 nitrogen and oxygen atoms in total. The minimum atomic E-state index is -3.19. The molecule has 0 aliphatic heterocycles. The van der Waals surface area contributed by atoms with Gasteiger partial charge >= 0.3 is 0 Å². The molecule has 0 fully saturated rings. The van der Waals surface area contributed by atoms with E-state index in [1.807, 2.05) is 0 Å². The molecule has 19 heavy (non-hydrogen) atoms. The van der Waals surface area contributed by atoms with Crippen LogP contribution in [0.25, 0.3) is 0 Å². The number of nitrogens with zero attached hydrogens (tertiary/aromatic N) is 2. The van der Waals surface area contributed by atoms with Crippen LogP contribution >= 0.6 is 35.0 Å². The predicted octanol–water partition coefficient (Wildman–Crippen LogP) is 3.34. The number of hydrogen-bond donors (Lipinski definition) is 0. The van der Waals surface area contributed by atoms with Crippen molar-refractivity contribution < 1.29 is 8.42 Å². The Balaban J connectivity index is 2.27. The molecule has 0 aliphatic carbocycles. The Morgan fingerprint density at radius 3 is 2.37 bits per heavy atom. The molecule has 1 aromatic carbocycles. The zero-order valence-corrected chi connectivity index (χ0v) is 12.8. The van der Waals surface area contributed by atoms with Crippen molar-refractivity contribution in [3.05, 3.63) is 40.8 Å². The van der Waals surface area contributed by atoms with Gasteiger partial charge in [-0.05, 0) is 35.9 Å². The number of hydrogen-bond acceptors (Lipinski definition) is 5. The van der Waals surface area contributed by atoms with E-state index in [1.54, 1.807) is 12.1 Å². The minimum Gasteiger partial charge on any atom is -0.225 e. The lowest BCUT2D eigenvalue weighted by Gasteiger charge is -2.04. The zero-order chi connectivity index (χ0) is 14.0. The van der Waals surface area contributed by atoms with E-state index < -0.39 is 9.84 Å². The van der Waals surface area contributed by atoms with Gasteiger partial charge in [0.2, 0.25) is 5.28 Å². The molecule has 0 bridgehead atoms. The monoisotopic (exact) mass is 334 g/mol. The van der Waals surface area contributed by atoms with Gasteiger partial charge in [0.1, 0.15) is 5.03 Å². The first-order valence-electron chi connectivity index (χ1n) is 5.02. The lowest BCUT2D eigenvalue weighted by molar-refractivity contribution is 0.602. The molecule has 0 N–H and O–H groups in total. The lowest BCUT2D eigenvalue weighted by Crippen LogP contribution is -1.96. The van der Waals surface area contributed by atoms with E-state index in [4.69, 9.17) is 23.2 Å². The SMILES string of the molecule is CS(=O)(=O)c1ccc(Sc2nc(Cl)ncc2Cl)cc1. The fraction of sp³-hybridized carbons (Fsp3) is 0.0909. The second-order valence-corrected chi connectivity index (χ2v) is 7.46. The summed E-state index contributed by atoms with van der Waals surface area (Å²) in [6.45, 7) is 0. The van der Waals surface area contributed by atoms with Gasteiger partial charge in [-0.1, -0.05) is 23.4 Å². The van der Waals surface area contributed by atoms with Crippen molar-refractivity contribution in [2.24, 2.45) is 0 Å². The summed E-state index contributed by atoms with van der Waals surface area (Å²) >= 11 is 12.9. The molecule has 100 valence electrons. The molecule has 0 saturated carbocycles. The molecule has 2 aromatic rings. The van der Waals surface area contributed by atoms with Crippen LogP contribution in [-0.4, -0.2) is 24.6 Å². The third-order valence-corrected chi connectivity index (χ3v) is 4.86. The van der Waals surface area contributed by atoms with E-state index in [-0.39, 0.29) is 10.2 Å². The van der Waals surface area contributed by atoms with Crippen LogP contribution in [0.4, 0.5) is 0 Å². The highest BCUT2D eigenvalue weighted by Gasteiger charge is 2.09.